The summed E-state index contributed by atoms with van der Waals surface area (Å²) in [5.41, 5.74) is 1.61. The first-order valence-electron chi connectivity index (χ1n) is 6.21. The van der Waals surface area contributed by atoms with E-state index in [4.69, 9.17) is 16.0 Å². The maximum absolute atomic E-state index is 6.16. The molecule has 0 spiro atoms. The SMILES string of the molecule is Cc1ncn(Cc2nc(-c3ccccc3Cl)oc2C)n1. The lowest BCUT2D eigenvalue weighted by molar-refractivity contribution is 0.535. The number of halogens is 1. The van der Waals surface area contributed by atoms with Crippen molar-refractivity contribution < 1.29 is 4.42 Å². The van der Waals surface area contributed by atoms with Crippen molar-refractivity contribution in [2.24, 2.45) is 0 Å². The zero-order chi connectivity index (χ0) is 14.1. The van der Waals surface area contributed by atoms with Gasteiger partial charge in [0.05, 0.1) is 17.1 Å². The van der Waals surface area contributed by atoms with E-state index < -0.39 is 0 Å². The quantitative estimate of drug-likeness (QED) is 0.742. The number of hydrogen-bond donors (Lipinski definition) is 0. The van der Waals surface area contributed by atoms with Gasteiger partial charge in [0.2, 0.25) is 5.89 Å². The lowest BCUT2D eigenvalue weighted by Crippen LogP contribution is -2.02. The fourth-order valence-electron chi connectivity index (χ4n) is 1.94. The zero-order valence-corrected chi connectivity index (χ0v) is 11.9. The van der Waals surface area contributed by atoms with E-state index in [1.165, 1.54) is 0 Å². The molecule has 102 valence electrons. The number of benzene rings is 1. The Bertz CT molecular complexity index is 747. The standard InChI is InChI=1S/C14H13ClN4O/c1-9-13(7-19-8-16-10(2)18-19)17-14(20-9)11-5-3-4-6-12(11)15/h3-6,8H,7H2,1-2H3. The average molecular weight is 289 g/mol. The molecule has 0 unspecified atom stereocenters. The summed E-state index contributed by atoms with van der Waals surface area (Å²) in [5.74, 6) is 2.02. The molecular formula is C14H13ClN4O. The van der Waals surface area contributed by atoms with Crippen LogP contribution in [0.25, 0.3) is 11.5 Å². The van der Waals surface area contributed by atoms with Crippen molar-refractivity contribution in [3.8, 4) is 11.5 Å². The lowest BCUT2D eigenvalue weighted by atomic mass is 10.2. The topological polar surface area (TPSA) is 56.7 Å². The number of nitrogens with zero attached hydrogens (tertiary/aromatic N) is 4. The van der Waals surface area contributed by atoms with E-state index in [9.17, 15) is 0 Å². The van der Waals surface area contributed by atoms with Gasteiger partial charge in [0.1, 0.15) is 23.6 Å². The van der Waals surface area contributed by atoms with Gasteiger partial charge in [-0.1, -0.05) is 23.7 Å². The summed E-state index contributed by atoms with van der Waals surface area (Å²) >= 11 is 6.16. The van der Waals surface area contributed by atoms with Gasteiger partial charge in [-0.15, -0.1) is 0 Å². The molecular weight excluding hydrogens is 276 g/mol. The molecule has 0 amide bonds. The van der Waals surface area contributed by atoms with E-state index in [2.05, 4.69) is 15.1 Å². The summed E-state index contributed by atoms with van der Waals surface area (Å²) in [5, 5.41) is 4.87. The summed E-state index contributed by atoms with van der Waals surface area (Å²) in [6.45, 7) is 4.26. The summed E-state index contributed by atoms with van der Waals surface area (Å²) in [7, 11) is 0. The maximum Gasteiger partial charge on any atom is 0.228 e. The predicted octanol–water partition coefficient (Wildman–Crippen LogP) is 3.25. The first kappa shape index (κ1) is 12.9. The normalized spacial score (nSPS) is 10.9. The van der Waals surface area contributed by atoms with Crippen LogP contribution in [0.3, 0.4) is 0 Å². The molecule has 0 saturated heterocycles. The molecule has 3 rings (SSSR count). The zero-order valence-electron chi connectivity index (χ0n) is 11.2. The minimum atomic E-state index is 0.528. The Morgan fingerprint density at radius 1 is 1.25 bits per heavy atom. The molecule has 0 aliphatic heterocycles. The molecule has 2 heterocycles. The number of aromatic nitrogens is 4. The minimum Gasteiger partial charge on any atom is -0.441 e. The summed E-state index contributed by atoms with van der Waals surface area (Å²) in [6, 6.07) is 7.48. The Morgan fingerprint density at radius 3 is 2.75 bits per heavy atom. The van der Waals surface area contributed by atoms with Crippen molar-refractivity contribution in [3.05, 3.63) is 52.9 Å². The first-order valence-corrected chi connectivity index (χ1v) is 6.58. The van der Waals surface area contributed by atoms with Gasteiger partial charge in [-0.3, -0.25) is 0 Å². The van der Waals surface area contributed by atoms with Crippen LogP contribution in [0.15, 0.2) is 35.0 Å². The van der Waals surface area contributed by atoms with Crippen LogP contribution in [-0.2, 0) is 6.54 Å². The molecule has 3 aromatic rings. The smallest absolute Gasteiger partial charge is 0.228 e. The first-order chi connectivity index (χ1) is 9.63. The highest BCUT2D eigenvalue weighted by Crippen LogP contribution is 2.28. The van der Waals surface area contributed by atoms with Gasteiger partial charge in [-0.2, -0.15) is 5.10 Å². The van der Waals surface area contributed by atoms with Crippen molar-refractivity contribution >= 4 is 11.6 Å². The highest BCUT2D eigenvalue weighted by atomic mass is 35.5. The van der Waals surface area contributed by atoms with Crippen LogP contribution in [0, 0.1) is 13.8 Å². The fraction of sp³-hybridized carbons (Fsp3) is 0.214. The lowest BCUT2D eigenvalue weighted by Gasteiger charge is -1.97. The molecule has 20 heavy (non-hydrogen) atoms. The predicted molar refractivity (Wildman–Crippen MR) is 75.5 cm³/mol. The number of aryl methyl sites for hydroxylation is 2. The van der Waals surface area contributed by atoms with E-state index in [-0.39, 0.29) is 0 Å². The van der Waals surface area contributed by atoms with Gasteiger partial charge >= 0.3 is 0 Å². The minimum absolute atomic E-state index is 0.528. The van der Waals surface area contributed by atoms with Crippen LogP contribution in [0.2, 0.25) is 5.02 Å². The molecule has 0 fully saturated rings. The van der Waals surface area contributed by atoms with E-state index >= 15 is 0 Å². The largest absolute Gasteiger partial charge is 0.441 e. The van der Waals surface area contributed by atoms with Crippen LogP contribution in [0.5, 0.6) is 0 Å². The summed E-state index contributed by atoms with van der Waals surface area (Å²) in [6.07, 6.45) is 1.68. The molecule has 5 nitrogen and oxygen atoms in total. The molecule has 0 aliphatic carbocycles. The number of rotatable bonds is 3. The molecule has 0 bridgehead atoms. The molecule has 1 aromatic carbocycles. The van der Waals surface area contributed by atoms with Crippen molar-refractivity contribution in [2.75, 3.05) is 0 Å². The summed E-state index contributed by atoms with van der Waals surface area (Å²) < 4.78 is 7.44. The second kappa shape index (κ2) is 5.09. The molecule has 0 N–H and O–H groups in total. The highest BCUT2D eigenvalue weighted by molar-refractivity contribution is 6.33. The Labute approximate surface area is 121 Å². The third-order valence-corrected chi connectivity index (χ3v) is 3.29. The fourth-order valence-corrected chi connectivity index (χ4v) is 2.16. The molecule has 2 aromatic heterocycles. The van der Waals surface area contributed by atoms with Gasteiger partial charge in [-0.05, 0) is 26.0 Å². The van der Waals surface area contributed by atoms with Gasteiger partial charge in [0.15, 0.2) is 0 Å². The average Bonchev–Trinajstić information content (AvgIpc) is 2.98. The third kappa shape index (κ3) is 2.44. The van der Waals surface area contributed by atoms with E-state index in [0.717, 1.165) is 22.8 Å². The van der Waals surface area contributed by atoms with E-state index in [1.54, 1.807) is 11.0 Å². The summed E-state index contributed by atoms with van der Waals surface area (Å²) in [4.78, 5) is 8.60. The van der Waals surface area contributed by atoms with Crippen molar-refractivity contribution in [1.29, 1.82) is 0 Å². The number of oxazole rings is 1. The highest BCUT2D eigenvalue weighted by Gasteiger charge is 2.14. The van der Waals surface area contributed by atoms with Crippen LogP contribution in [0.1, 0.15) is 17.3 Å². The monoisotopic (exact) mass is 288 g/mol. The second-order valence-electron chi connectivity index (χ2n) is 4.49. The molecule has 0 radical (unpaired) electrons. The van der Waals surface area contributed by atoms with Crippen molar-refractivity contribution in [3.63, 3.8) is 0 Å². The Balaban J connectivity index is 1.93. The maximum atomic E-state index is 6.16. The van der Waals surface area contributed by atoms with Gasteiger partial charge in [-0.25, -0.2) is 14.6 Å². The molecule has 0 aliphatic rings. The van der Waals surface area contributed by atoms with Gasteiger partial charge in [0.25, 0.3) is 0 Å². The van der Waals surface area contributed by atoms with Crippen LogP contribution in [-0.4, -0.2) is 19.7 Å². The van der Waals surface area contributed by atoms with Gasteiger partial charge < -0.3 is 4.42 Å². The Hall–Kier alpha value is -2.14. The molecule has 0 saturated carbocycles. The van der Waals surface area contributed by atoms with Crippen LogP contribution >= 0.6 is 11.6 Å². The Morgan fingerprint density at radius 2 is 2.05 bits per heavy atom. The van der Waals surface area contributed by atoms with E-state index in [1.807, 2.05) is 38.1 Å². The van der Waals surface area contributed by atoms with Crippen molar-refractivity contribution in [1.82, 2.24) is 19.7 Å². The second-order valence-corrected chi connectivity index (χ2v) is 4.90. The Kier molecular flexibility index (Phi) is 3.28. The van der Waals surface area contributed by atoms with Crippen molar-refractivity contribution in [2.45, 2.75) is 20.4 Å². The third-order valence-electron chi connectivity index (χ3n) is 2.96. The molecule has 6 heteroatoms. The van der Waals surface area contributed by atoms with Crippen LogP contribution < -0.4 is 0 Å². The molecule has 0 atom stereocenters. The number of hydrogen-bond acceptors (Lipinski definition) is 4. The van der Waals surface area contributed by atoms with Crippen LogP contribution in [0.4, 0.5) is 0 Å². The van der Waals surface area contributed by atoms with E-state index in [0.29, 0.717) is 17.5 Å². The van der Waals surface area contributed by atoms with Gasteiger partial charge in [0, 0.05) is 0 Å².